The average Bonchev–Trinajstić information content (AvgIpc) is 3.05. The fourth-order valence-electron chi connectivity index (χ4n) is 2.48. The average molecular weight is 417 g/mol. The van der Waals surface area contributed by atoms with Crippen molar-refractivity contribution in [1.29, 1.82) is 0 Å². The molecule has 0 radical (unpaired) electrons. The van der Waals surface area contributed by atoms with Gasteiger partial charge in [-0.1, -0.05) is 37.6 Å². The molecule has 0 bridgehead atoms. The van der Waals surface area contributed by atoms with Gasteiger partial charge in [-0.2, -0.15) is 14.9 Å². The summed E-state index contributed by atoms with van der Waals surface area (Å²) in [5.41, 5.74) is 1.57. The molecule has 0 fully saturated rings. The first-order valence-electron chi connectivity index (χ1n) is 8.77. The second-order valence-electron chi connectivity index (χ2n) is 6.50. The zero-order valence-corrected chi connectivity index (χ0v) is 17.4. The Balaban J connectivity index is 1.90. The third-order valence-electron chi connectivity index (χ3n) is 3.85. The first-order chi connectivity index (χ1) is 13.5. The first-order valence-corrected chi connectivity index (χ1v) is 9.55. The van der Waals surface area contributed by atoms with Gasteiger partial charge in [0, 0.05) is 5.56 Å². The summed E-state index contributed by atoms with van der Waals surface area (Å²) >= 11 is 11.6. The van der Waals surface area contributed by atoms with Gasteiger partial charge in [0.25, 0.3) is 0 Å². The van der Waals surface area contributed by atoms with E-state index in [2.05, 4.69) is 29.1 Å². The van der Waals surface area contributed by atoms with Crippen LogP contribution in [-0.2, 0) is 0 Å². The molecule has 1 aromatic heterocycles. The van der Waals surface area contributed by atoms with Crippen LogP contribution >= 0.6 is 23.8 Å². The van der Waals surface area contributed by atoms with Crippen LogP contribution in [-0.4, -0.2) is 34.8 Å². The number of hydrogen-bond acceptors (Lipinski definition) is 5. The second-order valence-corrected chi connectivity index (χ2v) is 7.30. The molecule has 1 heterocycles. The van der Waals surface area contributed by atoms with Crippen molar-refractivity contribution < 1.29 is 9.47 Å². The van der Waals surface area contributed by atoms with E-state index in [0.717, 1.165) is 11.1 Å². The van der Waals surface area contributed by atoms with E-state index in [-0.39, 0.29) is 0 Å². The molecule has 146 valence electrons. The SMILES string of the molecule is COc1cc(/C=N\n2c(-c3ccccc3Cl)n[nH]c2=S)ccc1OCC(C)C. The minimum Gasteiger partial charge on any atom is -0.493 e. The lowest BCUT2D eigenvalue weighted by atomic mass is 10.2. The molecule has 6 nitrogen and oxygen atoms in total. The number of hydrogen-bond donors (Lipinski definition) is 1. The molecule has 28 heavy (non-hydrogen) atoms. The Morgan fingerprint density at radius 1 is 1.25 bits per heavy atom. The van der Waals surface area contributed by atoms with Gasteiger partial charge in [-0.25, -0.2) is 5.10 Å². The minimum atomic E-state index is 0.370. The Morgan fingerprint density at radius 2 is 2.04 bits per heavy atom. The molecule has 0 saturated heterocycles. The molecule has 0 aliphatic rings. The van der Waals surface area contributed by atoms with E-state index in [4.69, 9.17) is 33.3 Å². The number of aromatic amines is 1. The maximum atomic E-state index is 6.28. The van der Waals surface area contributed by atoms with Gasteiger partial charge < -0.3 is 9.47 Å². The largest absolute Gasteiger partial charge is 0.493 e. The molecule has 0 spiro atoms. The van der Waals surface area contributed by atoms with Crippen molar-refractivity contribution in [3.05, 3.63) is 57.8 Å². The lowest BCUT2D eigenvalue weighted by Gasteiger charge is -2.12. The van der Waals surface area contributed by atoms with Gasteiger partial charge in [0.1, 0.15) is 0 Å². The van der Waals surface area contributed by atoms with Gasteiger partial charge in [-0.3, -0.25) is 0 Å². The van der Waals surface area contributed by atoms with Crippen LogP contribution in [0.4, 0.5) is 0 Å². The van der Waals surface area contributed by atoms with Crippen LogP contribution in [0.5, 0.6) is 11.5 Å². The maximum Gasteiger partial charge on any atom is 0.216 e. The van der Waals surface area contributed by atoms with E-state index in [0.29, 0.717) is 39.6 Å². The predicted octanol–water partition coefficient (Wildman–Crippen LogP) is 5.19. The lowest BCUT2D eigenvalue weighted by molar-refractivity contribution is 0.257. The highest BCUT2D eigenvalue weighted by Crippen LogP contribution is 2.28. The summed E-state index contributed by atoms with van der Waals surface area (Å²) in [5.74, 6) is 2.31. The summed E-state index contributed by atoms with van der Waals surface area (Å²) in [5, 5.41) is 12.0. The number of methoxy groups -OCH3 is 1. The van der Waals surface area contributed by atoms with Crippen molar-refractivity contribution in [3.63, 3.8) is 0 Å². The van der Waals surface area contributed by atoms with Crippen LogP contribution in [0.15, 0.2) is 47.6 Å². The molecule has 0 aliphatic carbocycles. The number of ether oxygens (including phenoxy) is 2. The fourth-order valence-corrected chi connectivity index (χ4v) is 2.88. The Bertz CT molecular complexity index is 1040. The normalized spacial score (nSPS) is 11.3. The predicted molar refractivity (Wildman–Crippen MR) is 114 cm³/mol. The molecule has 3 rings (SSSR count). The summed E-state index contributed by atoms with van der Waals surface area (Å²) < 4.78 is 13.1. The van der Waals surface area contributed by atoms with Crippen molar-refractivity contribution >= 4 is 30.0 Å². The number of nitrogens with one attached hydrogen (secondary N) is 1. The third-order valence-corrected chi connectivity index (χ3v) is 4.44. The van der Waals surface area contributed by atoms with E-state index in [1.807, 2.05) is 36.4 Å². The van der Waals surface area contributed by atoms with Crippen molar-refractivity contribution in [2.75, 3.05) is 13.7 Å². The second kappa shape index (κ2) is 9.03. The van der Waals surface area contributed by atoms with Crippen molar-refractivity contribution in [2.24, 2.45) is 11.0 Å². The molecule has 2 aromatic carbocycles. The van der Waals surface area contributed by atoms with Gasteiger partial charge in [-0.15, -0.1) is 0 Å². The Hall–Kier alpha value is -2.64. The molecule has 0 aliphatic heterocycles. The van der Waals surface area contributed by atoms with Gasteiger partial charge in [-0.05, 0) is 54.0 Å². The van der Waals surface area contributed by atoms with Gasteiger partial charge in [0.05, 0.1) is 25.0 Å². The number of nitrogens with zero attached hydrogens (tertiary/aromatic N) is 3. The van der Waals surface area contributed by atoms with Crippen molar-refractivity contribution in [1.82, 2.24) is 14.9 Å². The number of H-pyrrole nitrogens is 1. The Morgan fingerprint density at radius 3 is 2.75 bits per heavy atom. The summed E-state index contributed by atoms with van der Waals surface area (Å²) in [7, 11) is 1.61. The molecular weight excluding hydrogens is 396 g/mol. The van der Waals surface area contributed by atoms with Crippen LogP contribution < -0.4 is 9.47 Å². The highest BCUT2D eigenvalue weighted by molar-refractivity contribution is 7.71. The van der Waals surface area contributed by atoms with E-state index < -0.39 is 0 Å². The Kier molecular flexibility index (Phi) is 6.49. The molecule has 8 heteroatoms. The van der Waals surface area contributed by atoms with Crippen molar-refractivity contribution in [2.45, 2.75) is 13.8 Å². The lowest BCUT2D eigenvalue weighted by Crippen LogP contribution is -2.05. The minimum absolute atomic E-state index is 0.370. The third kappa shape index (κ3) is 4.61. The quantitative estimate of drug-likeness (QED) is 0.425. The highest BCUT2D eigenvalue weighted by atomic mass is 35.5. The fraction of sp³-hybridized carbons (Fsp3) is 0.250. The Labute approximate surface area is 173 Å². The zero-order chi connectivity index (χ0) is 20.1. The number of rotatable bonds is 7. The highest BCUT2D eigenvalue weighted by Gasteiger charge is 2.11. The summed E-state index contributed by atoms with van der Waals surface area (Å²) in [4.78, 5) is 0. The number of aromatic nitrogens is 3. The molecule has 0 amide bonds. The van der Waals surface area contributed by atoms with Crippen LogP contribution in [0.3, 0.4) is 0 Å². The number of benzene rings is 2. The molecule has 1 N–H and O–H groups in total. The summed E-state index contributed by atoms with van der Waals surface area (Å²) in [6.07, 6.45) is 1.68. The van der Waals surface area contributed by atoms with Crippen LogP contribution in [0, 0.1) is 10.7 Å². The van der Waals surface area contributed by atoms with E-state index in [1.54, 1.807) is 19.4 Å². The van der Waals surface area contributed by atoms with E-state index in [9.17, 15) is 0 Å². The van der Waals surface area contributed by atoms with Gasteiger partial charge >= 0.3 is 0 Å². The van der Waals surface area contributed by atoms with Gasteiger partial charge in [0.2, 0.25) is 4.77 Å². The van der Waals surface area contributed by atoms with Crippen molar-refractivity contribution in [3.8, 4) is 22.9 Å². The number of halogens is 1. The first kappa shape index (κ1) is 20.1. The summed E-state index contributed by atoms with van der Waals surface area (Å²) in [6.45, 7) is 4.81. The zero-order valence-electron chi connectivity index (χ0n) is 15.8. The molecule has 0 atom stereocenters. The standard InChI is InChI=1S/C20H21ClN4O2S/c1-13(2)12-27-17-9-8-14(10-18(17)26-3)11-22-25-19(23-24-20(25)28)15-6-4-5-7-16(15)21/h4-11,13H,12H2,1-3H3,(H,24,28)/b22-11-. The molecule has 3 aromatic rings. The smallest absolute Gasteiger partial charge is 0.216 e. The monoisotopic (exact) mass is 416 g/mol. The van der Waals surface area contributed by atoms with Gasteiger partial charge in [0.15, 0.2) is 17.3 Å². The molecule has 0 saturated carbocycles. The summed E-state index contributed by atoms with van der Waals surface area (Å²) in [6, 6.07) is 13.0. The maximum absolute atomic E-state index is 6.28. The van der Waals surface area contributed by atoms with Crippen LogP contribution in [0.1, 0.15) is 19.4 Å². The van der Waals surface area contributed by atoms with Crippen LogP contribution in [0.2, 0.25) is 5.02 Å². The molecule has 0 unspecified atom stereocenters. The van der Waals surface area contributed by atoms with E-state index in [1.165, 1.54) is 4.68 Å². The van der Waals surface area contributed by atoms with E-state index >= 15 is 0 Å². The molecular formula is C20H21ClN4O2S. The van der Waals surface area contributed by atoms with Crippen LogP contribution in [0.25, 0.3) is 11.4 Å². The topological polar surface area (TPSA) is 64.4 Å².